The number of anilines is 1. The monoisotopic (exact) mass is 277 g/mol. The number of imidazole rings is 1. The normalized spacial score (nSPS) is 15.7. The molecule has 2 aromatic rings. The fourth-order valence-corrected chi connectivity index (χ4v) is 2.07. The van der Waals surface area contributed by atoms with Crippen molar-refractivity contribution >= 4 is 17.8 Å². The number of carbonyl (C=O) groups is 1. The summed E-state index contributed by atoms with van der Waals surface area (Å²) in [5, 5.41) is 12.4. The maximum absolute atomic E-state index is 11.6. The molecule has 0 bridgehead atoms. The maximum atomic E-state index is 11.6. The summed E-state index contributed by atoms with van der Waals surface area (Å²) in [5.41, 5.74) is 0. The minimum absolute atomic E-state index is 0.267. The highest BCUT2D eigenvalue weighted by Crippen LogP contribution is 2.10. The van der Waals surface area contributed by atoms with Crippen LogP contribution in [0.25, 0.3) is 5.78 Å². The Morgan fingerprint density at radius 1 is 1.30 bits per heavy atom. The van der Waals surface area contributed by atoms with Crippen molar-refractivity contribution in [2.45, 2.75) is 6.92 Å². The van der Waals surface area contributed by atoms with Gasteiger partial charge in [0.2, 0.25) is 0 Å². The molecule has 3 rings (SSSR count). The first-order valence-corrected chi connectivity index (χ1v) is 6.48. The molecule has 0 radical (unpaired) electrons. The van der Waals surface area contributed by atoms with E-state index in [1.165, 1.54) is 0 Å². The molecule has 1 amide bonds. The van der Waals surface area contributed by atoms with Gasteiger partial charge in [0.05, 0.1) is 12.8 Å². The first-order valence-electron chi connectivity index (χ1n) is 6.48. The summed E-state index contributed by atoms with van der Waals surface area (Å²) in [6, 6.07) is 0. The molecule has 9 nitrogen and oxygen atoms in total. The number of hydrogen-bond acceptors (Lipinski definition) is 7. The van der Waals surface area contributed by atoms with Crippen molar-refractivity contribution in [1.82, 2.24) is 29.7 Å². The van der Waals surface area contributed by atoms with Crippen molar-refractivity contribution in [2.24, 2.45) is 0 Å². The fourth-order valence-electron chi connectivity index (χ4n) is 2.07. The summed E-state index contributed by atoms with van der Waals surface area (Å²) >= 11 is 0. The third-order valence-corrected chi connectivity index (χ3v) is 3.12. The lowest BCUT2D eigenvalue weighted by atomic mass is 10.3. The zero-order chi connectivity index (χ0) is 13.9. The van der Waals surface area contributed by atoms with Gasteiger partial charge < -0.3 is 14.5 Å². The molecule has 0 saturated carbocycles. The average molecular weight is 277 g/mol. The van der Waals surface area contributed by atoms with Gasteiger partial charge in [-0.15, -0.1) is 15.3 Å². The van der Waals surface area contributed by atoms with Crippen LogP contribution in [0.2, 0.25) is 0 Å². The standard InChI is InChI=1S/C11H15N7O2/c1-2-20-11(19)17-7-5-16(6-8-17)10-14-13-9-12-3-4-18(9)15-10/h3-4H,2,5-8H2,1H3. The molecule has 0 unspecified atom stereocenters. The number of nitrogens with zero attached hydrogens (tertiary/aromatic N) is 7. The zero-order valence-electron chi connectivity index (χ0n) is 11.1. The van der Waals surface area contributed by atoms with Gasteiger partial charge in [-0.25, -0.2) is 9.78 Å². The maximum Gasteiger partial charge on any atom is 0.409 e. The number of hydrogen-bond donors (Lipinski definition) is 0. The second-order valence-electron chi connectivity index (χ2n) is 4.34. The number of rotatable bonds is 2. The summed E-state index contributed by atoms with van der Waals surface area (Å²) in [7, 11) is 0. The van der Waals surface area contributed by atoms with E-state index in [4.69, 9.17) is 4.74 Å². The van der Waals surface area contributed by atoms with Gasteiger partial charge in [-0.05, 0) is 6.92 Å². The highest BCUT2D eigenvalue weighted by atomic mass is 16.6. The van der Waals surface area contributed by atoms with Gasteiger partial charge in [-0.2, -0.15) is 4.52 Å². The summed E-state index contributed by atoms with van der Waals surface area (Å²) in [4.78, 5) is 19.3. The number of aromatic nitrogens is 5. The molecular weight excluding hydrogens is 262 g/mol. The molecule has 1 saturated heterocycles. The Morgan fingerprint density at radius 3 is 2.85 bits per heavy atom. The molecule has 106 valence electrons. The lowest BCUT2D eigenvalue weighted by molar-refractivity contribution is 0.105. The van der Waals surface area contributed by atoms with Crippen molar-refractivity contribution in [3.05, 3.63) is 12.4 Å². The van der Waals surface area contributed by atoms with Crippen LogP contribution >= 0.6 is 0 Å². The van der Waals surface area contributed by atoms with Crippen molar-refractivity contribution in [2.75, 3.05) is 37.7 Å². The van der Waals surface area contributed by atoms with Crippen molar-refractivity contribution < 1.29 is 9.53 Å². The second-order valence-corrected chi connectivity index (χ2v) is 4.34. The number of fused-ring (bicyclic) bond motifs is 1. The topological polar surface area (TPSA) is 88.8 Å². The highest BCUT2D eigenvalue weighted by molar-refractivity contribution is 5.68. The van der Waals surface area contributed by atoms with E-state index < -0.39 is 0 Å². The van der Waals surface area contributed by atoms with Crippen molar-refractivity contribution in [3.8, 4) is 0 Å². The molecule has 1 aliphatic heterocycles. The SMILES string of the molecule is CCOC(=O)N1CCN(c2nnc3nccn3n2)CC1. The first kappa shape index (κ1) is 12.6. The summed E-state index contributed by atoms with van der Waals surface area (Å²) in [6.07, 6.45) is 3.08. The van der Waals surface area contributed by atoms with Crippen LogP contribution in [-0.2, 0) is 4.74 Å². The largest absolute Gasteiger partial charge is 0.450 e. The molecule has 0 spiro atoms. The molecule has 20 heavy (non-hydrogen) atoms. The quantitative estimate of drug-likeness (QED) is 0.750. The van der Waals surface area contributed by atoms with Crippen LogP contribution in [0.1, 0.15) is 6.92 Å². The third-order valence-electron chi connectivity index (χ3n) is 3.12. The predicted molar refractivity (Wildman–Crippen MR) is 69.4 cm³/mol. The number of piperazine rings is 1. The first-order chi connectivity index (χ1) is 9.78. The molecule has 9 heteroatoms. The van der Waals surface area contributed by atoms with E-state index in [-0.39, 0.29) is 6.09 Å². The Bertz CT molecular complexity index is 606. The molecule has 0 aromatic carbocycles. The zero-order valence-corrected chi connectivity index (χ0v) is 11.1. The summed E-state index contributed by atoms with van der Waals surface area (Å²) in [5.74, 6) is 1.01. The number of carbonyl (C=O) groups excluding carboxylic acids is 1. The van der Waals surface area contributed by atoms with Crippen molar-refractivity contribution in [3.63, 3.8) is 0 Å². The Labute approximate surface area is 115 Å². The van der Waals surface area contributed by atoms with Gasteiger partial charge in [0, 0.05) is 32.4 Å². The Hall–Kier alpha value is -2.45. The van der Waals surface area contributed by atoms with Crippen molar-refractivity contribution in [1.29, 1.82) is 0 Å². The second kappa shape index (κ2) is 5.27. The lowest BCUT2D eigenvalue weighted by Gasteiger charge is -2.33. The number of amides is 1. The van der Waals surface area contributed by atoms with Crippen LogP contribution in [0.15, 0.2) is 12.4 Å². The van der Waals surface area contributed by atoms with Gasteiger partial charge in [0.1, 0.15) is 0 Å². The molecule has 2 aromatic heterocycles. The van der Waals surface area contributed by atoms with Gasteiger partial charge >= 0.3 is 6.09 Å². The van der Waals surface area contributed by atoms with Gasteiger partial charge in [-0.3, -0.25) is 0 Å². The highest BCUT2D eigenvalue weighted by Gasteiger charge is 2.23. The number of ether oxygens (including phenoxy) is 1. The fraction of sp³-hybridized carbons (Fsp3) is 0.545. The van der Waals surface area contributed by atoms with Crippen LogP contribution in [0.5, 0.6) is 0 Å². The van der Waals surface area contributed by atoms with Crippen LogP contribution in [0.4, 0.5) is 10.7 Å². The molecule has 1 aliphatic rings. The molecule has 1 fully saturated rings. The third kappa shape index (κ3) is 2.33. The van der Waals surface area contributed by atoms with Gasteiger partial charge in [-0.1, -0.05) is 0 Å². The molecule has 0 N–H and O–H groups in total. The molecule has 0 aliphatic carbocycles. The van der Waals surface area contributed by atoms with Crippen LogP contribution in [0, 0.1) is 0 Å². The molecule has 3 heterocycles. The van der Waals surface area contributed by atoms with Crippen LogP contribution < -0.4 is 4.90 Å². The lowest BCUT2D eigenvalue weighted by Crippen LogP contribution is -2.49. The molecular formula is C11H15N7O2. The Kier molecular flexibility index (Phi) is 3.32. The van der Waals surface area contributed by atoms with Gasteiger partial charge in [0.15, 0.2) is 0 Å². The molecule has 0 atom stereocenters. The summed E-state index contributed by atoms with van der Waals surface area (Å²) < 4.78 is 6.57. The van der Waals surface area contributed by atoms with Gasteiger partial charge in [0.25, 0.3) is 11.7 Å². The average Bonchev–Trinajstić information content (AvgIpc) is 2.95. The van der Waals surface area contributed by atoms with E-state index in [1.807, 2.05) is 4.90 Å². The Morgan fingerprint density at radius 2 is 2.10 bits per heavy atom. The predicted octanol–water partition coefficient (Wildman–Crippen LogP) is -0.202. The minimum Gasteiger partial charge on any atom is -0.450 e. The Balaban J connectivity index is 1.66. The smallest absolute Gasteiger partial charge is 0.409 e. The minimum atomic E-state index is -0.267. The van der Waals surface area contributed by atoms with E-state index in [2.05, 4.69) is 20.3 Å². The van der Waals surface area contributed by atoms with E-state index in [9.17, 15) is 4.79 Å². The summed E-state index contributed by atoms with van der Waals surface area (Å²) in [6.45, 7) is 4.67. The van der Waals surface area contributed by atoms with Crippen LogP contribution in [-0.4, -0.2) is 68.6 Å². The van der Waals surface area contributed by atoms with E-state index in [0.717, 1.165) is 0 Å². The van der Waals surface area contributed by atoms with E-state index in [0.29, 0.717) is 44.5 Å². The van der Waals surface area contributed by atoms with E-state index >= 15 is 0 Å². The van der Waals surface area contributed by atoms with Crippen LogP contribution in [0.3, 0.4) is 0 Å². The van der Waals surface area contributed by atoms with E-state index in [1.54, 1.807) is 28.7 Å².